The molecule has 136 valence electrons. The number of phenols is 1. The lowest BCUT2D eigenvalue weighted by Gasteiger charge is -2.38. The molecule has 0 aromatic heterocycles. The van der Waals surface area contributed by atoms with E-state index in [2.05, 4.69) is 37.2 Å². The monoisotopic (exact) mass is 490 g/mol. The highest BCUT2D eigenvalue weighted by Crippen LogP contribution is 2.42. The van der Waals surface area contributed by atoms with Crippen molar-refractivity contribution in [1.82, 2.24) is 0 Å². The largest absolute Gasteiger partial charge is 0.506 e. The number of rotatable bonds is 2. The van der Waals surface area contributed by atoms with Crippen LogP contribution in [-0.4, -0.2) is 11.0 Å². The number of nitrogens with zero attached hydrogens (tertiary/aromatic N) is 1. The summed E-state index contributed by atoms with van der Waals surface area (Å²) in [5, 5.41) is 13.9. The fourth-order valence-corrected chi connectivity index (χ4v) is 4.39. The molecule has 1 heterocycles. The van der Waals surface area contributed by atoms with E-state index in [1.807, 2.05) is 12.1 Å². The van der Waals surface area contributed by atoms with Crippen molar-refractivity contribution >= 4 is 49.1 Å². The Morgan fingerprint density at radius 2 is 1.74 bits per heavy atom. The predicted octanol–water partition coefficient (Wildman–Crippen LogP) is 5.83. The number of anilines is 2. The summed E-state index contributed by atoms with van der Waals surface area (Å²) in [5.74, 6) is -0.604. The van der Waals surface area contributed by atoms with Crippen molar-refractivity contribution in [2.75, 3.05) is 10.2 Å². The quantitative estimate of drug-likeness (QED) is 0.474. The maximum Gasteiger partial charge on any atom is 0.262 e. The van der Waals surface area contributed by atoms with Crippen molar-refractivity contribution in [3.05, 3.63) is 86.6 Å². The Hall–Kier alpha value is -2.38. The first-order chi connectivity index (χ1) is 13.0. The van der Waals surface area contributed by atoms with Crippen molar-refractivity contribution in [2.24, 2.45) is 0 Å². The Labute approximate surface area is 171 Å². The number of hydrogen-bond donors (Lipinski definition) is 2. The summed E-state index contributed by atoms with van der Waals surface area (Å²) in [5.41, 5.74) is 2.19. The molecule has 1 aliphatic heterocycles. The van der Waals surface area contributed by atoms with E-state index in [0.717, 1.165) is 4.47 Å². The maximum absolute atomic E-state index is 13.4. The summed E-state index contributed by atoms with van der Waals surface area (Å²) in [6.07, 6.45) is -0.674. The lowest BCUT2D eigenvalue weighted by atomic mass is 10.0. The number of carbonyl (C=O) groups is 1. The predicted molar refractivity (Wildman–Crippen MR) is 110 cm³/mol. The summed E-state index contributed by atoms with van der Waals surface area (Å²) in [4.78, 5) is 14.8. The van der Waals surface area contributed by atoms with Crippen LogP contribution >= 0.6 is 31.9 Å². The molecular formula is C20H13Br2FN2O2. The van der Waals surface area contributed by atoms with E-state index in [0.29, 0.717) is 27.0 Å². The minimum absolute atomic E-state index is 0.0231. The molecule has 0 aliphatic carbocycles. The summed E-state index contributed by atoms with van der Waals surface area (Å²) < 4.78 is 14.7. The van der Waals surface area contributed by atoms with Gasteiger partial charge in [0.1, 0.15) is 17.7 Å². The van der Waals surface area contributed by atoms with E-state index in [-0.39, 0.29) is 17.5 Å². The Bertz CT molecular complexity index is 1040. The summed E-state index contributed by atoms with van der Waals surface area (Å²) in [6.45, 7) is 0. The second-order valence-corrected chi connectivity index (χ2v) is 7.84. The van der Waals surface area contributed by atoms with E-state index in [1.54, 1.807) is 36.4 Å². The molecule has 0 fully saturated rings. The highest BCUT2D eigenvalue weighted by molar-refractivity contribution is 9.11. The van der Waals surface area contributed by atoms with Gasteiger partial charge >= 0.3 is 0 Å². The van der Waals surface area contributed by atoms with Crippen LogP contribution in [-0.2, 0) is 0 Å². The molecule has 1 atom stereocenters. The summed E-state index contributed by atoms with van der Waals surface area (Å²) in [6, 6.07) is 16.3. The lowest BCUT2D eigenvalue weighted by molar-refractivity contribution is 0.0974. The molecule has 0 spiro atoms. The molecule has 0 saturated heterocycles. The fraction of sp³-hybridized carbons (Fsp3) is 0.0500. The second kappa shape index (κ2) is 6.98. The zero-order valence-corrected chi connectivity index (χ0v) is 17.0. The fourth-order valence-electron chi connectivity index (χ4n) is 3.13. The smallest absolute Gasteiger partial charge is 0.262 e. The third-order valence-electron chi connectivity index (χ3n) is 4.38. The van der Waals surface area contributed by atoms with Crippen LogP contribution in [0, 0.1) is 5.82 Å². The summed E-state index contributed by atoms with van der Waals surface area (Å²) in [7, 11) is 0. The molecule has 1 unspecified atom stereocenters. The SMILES string of the molecule is O=C1c2ccccc2NC(c2cc(Br)cc(Br)c2O)N1c1ccc(F)cc1. The van der Waals surface area contributed by atoms with E-state index in [1.165, 1.54) is 17.0 Å². The summed E-state index contributed by atoms with van der Waals surface area (Å²) >= 11 is 6.76. The number of benzene rings is 3. The molecule has 0 bridgehead atoms. The number of nitrogens with one attached hydrogen (secondary N) is 1. The third kappa shape index (κ3) is 3.21. The number of hydrogen-bond acceptors (Lipinski definition) is 3. The highest BCUT2D eigenvalue weighted by Gasteiger charge is 2.35. The van der Waals surface area contributed by atoms with Crippen molar-refractivity contribution in [3.63, 3.8) is 0 Å². The van der Waals surface area contributed by atoms with Gasteiger partial charge in [-0.25, -0.2) is 4.39 Å². The van der Waals surface area contributed by atoms with Gasteiger partial charge in [0, 0.05) is 21.4 Å². The van der Waals surface area contributed by atoms with E-state index in [9.17, 15) is 14.3 Å². The molecule has 0 radical (unpaired) electrons. The molecule has 1 aliphatic rings. The average molecular weight is 492 g/mol. The van der Waals surface area contributed by atoms with Crippen molar-refractivity contribution in [2.45, 2.75) is 6.17 Å². The average Bonchev–Trinajstić information content (AvgIpc) is 2.65. The molecule has 4 nitrogen and oxygen atoms in total. The van der Waals surface area contributed by atoms with Crippen LogP contribution < -0.4 is 10.2 Å². The minimum atomic E-state index is -0.674. The zero-order valence-electron chi connectivity index (χ0n) is 13.8. The van der Waals surface area contributed by atoms with Gasteiger partial charge < -0.3 is 10.4 Å². The number of fused-ring (bicyclic) bond motifs is 1. The van der Waals surface area contributed by atoms with Gasteiger partial charge in [-0.15, -0.1) is 0 Å². The third-order valence-corrected chi connectivity index (χ3v) is 5.45. The number of phenolic OH excluding ortho intramolecular Hbond substituents is 1. The Morgan fingerprint density at radius 1 is 1.04 bits per heavy atom. The normalized spacial score (nSPS) is 16.0. The van der Waals surface area contributed by atoms with Gasteiger partial charge in [-0.2, -0.15) is 0 Å². The number of aromatic hydroxyl groups is 1. The van der Waals surface area contributed by atoms with Crippen molar-refractivity contribution in [3.8, 4) is 5.75 Å². The standard InChI is InChI=1S/C20H13Br2FN2O2/c21-11-9-15(18(26)16(22)10-11)19-24-17-4-2-1-3-14(17)20(27)25(19)13-7-5-12(23)6-8-13/h1-10,19,24,26H. The van der Waals surface area contributed by atoms with Gasteiger partial charge in [-0.1, -0.05) is 28.1 Å². The highest BCUT2D eigenvalue weighted by atomic mass is 79.9. The molecule has 3 aromatic rings. The number of amides is 1. The van der Waals surface area contributed by atoms with Crippen LogP contribution in [0.1, 0.15) is 22.1 Å². The van der Waals surface area contributed by atoms with Crippen molar-refractivity contribution in [1.29, 1.82) is 0 Å². The van der Waals surface area contributed by atoms with Gasteiger partial charge in [0.25, 0.3) is 5.91 Å². The first-order valence-electron chi connectivity index (χ1n) is 8.08. The molecule has 27 heavy (non-hydrogen) atoms. The Morgan fingerprint density at radius 3 is 2.48 bits per heavy atom. The molecule has 1 amide bonds. The minimum Gasteiger partial charge on any atom is -0.506 e. The van der Waals surface area contributed by atoms with E-state index >= 15 is 0 Å². The first-order valence-corrected chi connectivity index (χ1v) is 9.67. The zero-order chi connectivity index (χ0) is 19.1. The van der Waals surface area contributed by atoms with Gasteiger partial charge in [0.15, 0.2) is 0 Å². The van der Waals surface area contributed by atoms with E-state index in [4.69, 9.17) is 0 Å². The van der Waals surface area contributed by atoms with Crippen LogP contribution in [0.15, 0.2) is 69.6 Å². The Kier molecular flexibility index (Phi) is 4.65. The van der Waals surface area contributed by atoms with Gasteiger partial charge in [-0.05, 0) is 64.5 Å². The van der Waals surface area contributed by atoms with Crippen LogP contribution in [0.2, 0.25) is 0 Å². The first kappa shape index (κ1) is 18.0. The van der Waals surface area contributed by atoms with Gasteiger partial charge in [-0.3, -0.25) is 9.69 Å². The second-order valence-electron chi connectivity index (χ2n) is 6.07. The Balaban J connectivity index is 1.92. The number of carbonyl (C=O) groups excluding carboxylic acids is 1. The number of para-hydroxylation sites is 1. The molecular weight excluding hydrogens is 479 g/mol. The van der Waals surface area contributed by atoms with E-state index < -0.39 is 6.17 Å². The van der Waals surface area contributed by atoms with Crippen LogP contribution in [0.5, 0.6) is 5.75 Å². The van der Waals surface area contributed by atoms with Gasteiger partial charge in [0.2, 0.25) is 0 Å². The molecule has 2 N–H and O–H groups in total. The number of halogens is 3. The maximum atomic E-state index is 13.4. The van der Waals surface area contributed by atoms with Crippen LogP contribution in [0.3, 0.4) is 0 Å². The van der Waals surface area contributed by atoms with Crippen LogP contribution in [0.4, 0.5) is 15.8 Å². The van der Waals surface area contributed by atoms with Gasteiger partial charge in [0.05, 0.1) is 10.0 Å². The lowest BCUT2D eigenvalue weighted by Crippen LogP contribution is -2.43. The molecule has 7 heteroatoms. The van der Waals surface area contributed by atoms with Crippen LogP contribution in [0.25, 0.3) is 0 Å². The molecule has 4 rings (SSSR count). The topological polar surface area (TPSA) is 52.6 Å². The van der Waals surface area contributed by atoms with Crippen molar-refractivity contribution < 1.29 is 14.3 Å². The molecule has 3 aromatic carbocycles. The molecule has 0 saturated carbocycles.